The highest BCUT2D eigenvalue weighted by Gasteiger charge is 2.36. The van der Waals surface area contributed by atoms with Crippen molar-refractivity contribution in [1.82, 2.24) is 0 Å². The molecule has 2 saturated carbocycles. The SMILES string of the molecule is CC(O)C(Cl)C(F)C(C)C1CCC(C2CCCCC2)CC1. The molecule has 2 rings (SSSR count). The summed E-state index contributed by atoms with van der Waals surface area (Å²) in [6.07, 6.45) is 10.0. The third-order valence-corrected chi connectivity index (χ3v) is 6.75. The van der Waals surface area contributed by atoms with Crippen molar-refractivity contribution in [3.05, 3.63) is 0 Å². The molecule has 0 aromatic carbocycles. The van der Waals surface area contributed by atoms with E-state index in [2.05, 4.69) is 0 Å². The maximum atomic E-state index is 14.4. The Bertz CT molecular complexity index is 296. The quantitative estimate of drug-likeness (QED) is 0.679. The summed E-state index contributed by atoms with van der Waals surface area (Å²) < 4.78 is 14.4. The summed E-state index contributed by atoms with van der Waals surface area (Å²) in [6, 6.07) is 0. The Hall–Kier alpha value is 0.180. The topological polar surface area (TPSA) is 20.2 Å². The van der Waals surface area contributed by atoms with Crippen LogP contribution >= 0.6 is 11.6 Å². The second kappa shape index (κ2) is 8.15. The minimum absolute atomic E-state index is 0.0330. The first-order valence-electron chi connectivity index (χ1n) is 8.97. The highest BCUT2D eigenvalue weighted by molar-refractivity contribution is 6.21. The van der Waals surface area contributed by atoms with Crippen LogP contribution in [0.3, 0.4) is 0 Å². The molecule has 1 nitrogen and oxygen atoms in total. The average molecular weight is 319 g/mol. The molecule has 0 aromatic rings. The summed E-state index contributed by atoms with van der Waals surface area (Å²) in [6.45, 7) is 3.56. The van der Waals surface area contributed by atoms with Crippen LogP contribution in [0.2, 0.25) is 0 Å². The first-order valence-corrected chi connectivity index (χ1v) is 9.40. The summed E-state index contributed by atoms with van der Waals surface area (Å²) in [5.74, 6) is 2.24. The Morgan fingerprint density at radius 1 is 0.905 bits per heavy atom. The lowest BCUT2D eigenvalue weighted by atomic mass is 9.68. The zero-order valence-electron chi connectivity index (χ0n) is 13.6. The molecule has 2 aliphatic carbocycles. The molecule has 3 heteroatoms. The molecule has 0 aromatic heterocycles. The molecule has 0 amide bonds. The van der Waals surface area contributed by atoms with Gasteiger partial charge in [-0.2, -0.15) is 0 Å². The summed E-state index contributed by atoms with van der Waals surface area (Å²) in [4.78, 5) is 0. The van der Waals surface area contributed by atoms with Crippen molar-refractivity contribution in [2.24, 2.45) is 23.7 Å². The second-order valence-corrected chi connectivity index (χ2v) is 8.07. The van der Waals surface area contributed by atoms with Gasteiger partial charge in [-0.25, -0.2) is 4.39 Å². The van der Waals surface area contributed by atoms with E-state index in [0.29, 0.717) is 5.92 Å². The third-order valence-electron chi connectivity index (χ3n) is 6.14. The van der Waals surface area contributed by atoms with Crippen molar-refractivity contribution in [1.29, 1.82) is 0 Å². The van der Waals surface area contributed by atoms with E-state index in [1.54, 1.807) is 6.92 Å². The first kappa shape index (κ1) is 17.5. The molecule has 2 aliphatic rings. The van der Waals surface area contributed by atoms with Crippen molar-refractivity contribution in [3.63, 3.8) is 0 Å². The number of aliphatic hydroxyl groups excluding tert-OH is 1. The van der Waals surface area contributed by atoms with Gasteiger partial charge in [0.25, 0.3) is 0 Å². The normalized spacial score (nSPS) is 34.1. The van der Waals surface area contributed by atoms with Crippen molar-refractivity contribution in [2.75, 3.05) is 0 Å². The van der Waals surface area contributed by atoms with Crippen LogP contribution in [-0.4, -0.2) is 22.8 Å². The monoisotopic (exact) mass is 318 g/mol. The van der Waals surface area contributed by atoms with E-state index >= 15 is 0 Å². The number of halogens is 2. The van der Waals surface area contributed by atoms with Gasteiger partial charge in [-0.15, -0.1) is 11.6 Å². The fraction of sp³-hybridized carbons (Fsp3) is 1.00. The Morgan fingerprint density at radius 3 is 1.95 bits per heavy atom. The minimum Gasteiger partial charge on any atom is -0.392 e. The predicted molar refractivity (Wildman–Crippen MR) is 87.4 cm³/mol. The van der Waals surface area contributed by atoms with Crippen molar-refractivity contribution in [3.8, 4) is 0 Å². The van der Waals surface area contributed by atoms with Gasteiger partial charge in [0.1, 0.15) is 6.17 Å². The molecule has 0 radical (unpaired) electrons. The highest BCUT2D eigenvalue weighted by Crippen LogP contribution is 2.43. The molecule has 1 N–H and O–H groups in total. The van der Waals surface area contributed by atoms with E-state index in [-0.39, 0.29) is 5.92 Å². The lowest BCUT2D eigenvalue weighted by Crippen LogP contribution is -2.37. The lowest BCUT2D eigenvalue weighted by molar-refractivity contribution is 0.0736. The Labute approximate surface area is 134 Å². The largest absolute Gasteiger partial charge is 0.392 e. The molecule has 0 heterocycles. The van der Waals surface area contributed by atoms with Gasteiger partial charge < -0.3 is 5.11 Å². The van der Waals surface area contributed by atoms with Gasteiger partial charge in [0.15, 0.2) is 0 Å². The maximum absolute atomic E-state index is 14.4. The van der Waals surface area contributed by atoms with E-state index < -0.39 is 17.7 Å². The molecule has 0 spiro atoms. The van der Waals surface area contributed by atoms with Crippen LogP contribution in [0.5, 0.6) is 0 Å². The van der Waals surface area contributed by atoms with Crippen molar-refractivity contribution >= 4 is 11.6 Å². The second-order valence-electron chi connectivity index (χ2n) is 7.56. The van der Waals surface area contributed by atoms with E-state index in [0.717, 1.165) is 24.7 Å². The smallest absolute Gasteiger partial charge is 0.122 e. The first-order chi connectivity index (χ1) is 10.0. The van der Waals surface area contributed by atoms with Crippen molar-refractivity contribution in [2.45, 2.75) is 89.3 Å². The van der Waals surface area contributed by atoms with Gasteiger partial charge >= 0.3 is 0 Å². The summed E-state index contributed by atoms with van der Waals surface area (Å²) in [5, 5.41) is 8.71. The van der Waals surface area contributed by atoms with Crippen LogP contribution in [0.4, 0.5) is 4.39 Å². The number of hydrogen-bond donors (Lipinski definition) is 1. The number of hydrogen-bond acceptors (Lipinski definition) is 1. The molecule has 4 unspecified atom stereocenters. The van der Waals surface area contributed by atoms with E-state index in [9.17, 15) is 9.50 Å². The number of rotatable bonds is 5. The fourth-order valence-electron chi connectivity index (χ4n) is 4.56. The summed E-state index contributed by atoms with van der Waals surface area (Å²) in [7, 11) is 0. The molecule has 124 valence electrons. The fourth-order valence-corrected chi connectivity index (χ4v) is 4.79. The summed E-state index contributed by atoms with van der Waals surface area (Å²) >= 11 is 6.01. The van der Waals surface area contributed by atoms with Gasteiger partial charge in [0.05, 0.1) is 11.5 Å². The third kappa shape index (κ3) is 4.58. The minimum atomic E-state index is -1.09. The van der Waals surface area contributed by atoms with Crippen LogP contribution in [-0.2, 0) is 0 Å². The number of alkyl halides is 2. The van der Waals surface area contributed by atoms with E-state index in [1.165, 1.54) is 44.9 Å². The lowest BCUT2D eigenvalue weighted by Gasteiger charge is -2.39. The van der Waals surface area contributed by atoms with Crippen LogP contribution in [0.1, 0.15) is 71.6 Å². The van der Waals surface area contributed by atoms with Crippen LogP contribution < -0.4 is 0 Å². The van der Waals surface area contributed by atoms with Crippen LogP contribution in [0.25, 0.3) is 0 Å². The number of aliphatic hydroxyl groups is 1. The predicted octanol–water partition coefficient (Wildman–Crippen LogP) is 5.34. The Balaban J connectivity index is 1.79. The average Bonchev–Trinajstić information content (AvgIpc) is 2.53. The highest BCUT2D eigenvalue weighted by atomic mass is 35.5. The van der Waals surface area contributed by atoms with Crippen molar-refractivity contribution < 1.29 is 9.50 Å². The molecule has 0 saturated heterocycles. The maximum Gasteiger partial charge on any atom is 0.122 e. The van der Waals surface area contributed by atoms with Gasteiger partial charge in [-0.05, 0) is 56.3 Å². The zero-order chi connectivity index (χ0) is 15.4. The molecular weight excluding hydrogens is 287 g/mol. The van der Waals surface area contributed by atoms with E-state index in [4.69, 9.17) is 11.6 Å². The molecule has 4 atom stereocenters. The van der Waals surface area contributed by atoms with Crippen LogP contribution in [0, 0.1) is 23.7 Å². The van der Waals surface area contributed by atoms with Gasteiger partial charge in [-0.3, -0.25) is 0 Å². The van der Waals surface area contributed by atoms with E-state index in [1.807, 2.05) is 6.92 Å². The standard InChI is InChI=1S/C18H32ClFO/c1-12(18(20)17(19)13(2)21)14-8-10-16(11-9-14)15-6-4-3-5-7-15/h12-18,21H,3-11H2,1-2H3. The van der Waals surface area contributed by atoms with Gasteiger partial charge in [0, 0.05) is 0 Å². The molecule has 0 aliphatic heterocycles. The molecule has 2 fully saturated rings. The molecular formula is C18H32ClFO. The Morgan fingerprint density at radius 2 is 1.43 bits per heavy atom. The van der Waals surface area contributed by atoms with Gasteiger partial charge in [0.2, 0.25) is 0 Å². The zero-order valence-corrected chi connectivity index (χ0v) is 14.4. The summed E-state index contributed by atoms with van der Waals surface area (Å²) in [5.41, 5.74) is 0. The van der Waals surface area contributed by atoms with Crippen LogP contribution in [0.15, 0.2) is 0 Å². The van der Waals surface area contributed by atoms with Gasteiger partial charge in [-0.1, -0.05) is 39.0 Å². The molecule has 0 bridgehead atoms. The molecule has 21 heavy (non-hydrogen) atoms. The Kier molecular flexibility index (Phi) is 6.80.